The van der Waals surface area contributed by atoms with Gasteiger partial charge in [-0.1, -0.05) is 19.1 Å². The Labute approximate surface area is 105 Å². The fourth-order valence-electron chi connectivity index (χ4n) is 3.91. The van der Waals surface area contributed by atoms with Crippen LogP contribution in [0.15, 0.2) is 6.08 Å². The standard InChI is InChI=1S/C16H23N/c1-3-7-14-13(4-2)15-10-5-8-12-9-6-11-16(14)17(12)15/h3,7,12H,4-6,8-11H2,1-2H3/b7-3+/t12-/m1/s1. The molecular weight excluding hydrogens is 206 g/mol. The van der Waals surface area contributed by atoms with Crippen molar-refractivity contribution in [2.24, 2.45) is 0 Å². The van der Waals surface area contributed by atoms with E-state index in [-0.39, 0.29) is 0 Å². The molecule has 0 saturated heterocycles. The van der Waals surface area contributed by atoms with E-state index < -0.39 is 0 Å². The van der Waals surface area contributed by atoms with Gasteiger partial charge in [0.2, 0.25) is 0 Å². The zero-order valence-corrected chi connectivity index (χ0v) is 11.1. The summed E-state index contributed by atoms with van der Waals surface area (Å²) in [5.74, 6) is 0. The van der Waals surface area contributed by atoms with Crippen molar-refractivity contribution in [1.29, 1.82) is 0 Å². The van der Waals surface area contributed by atoms with Crippen LogP contribution in [0.1, 0.15) is 68.1 Å². The Kier molecular flexibility index (Phi) is 2.85. The van der Waals surface area contributed by atoms with Crippen molar-refractivity contribution < 1.29 is 0 Å². The minimum absolute atomic E-state index is 0.826. The van der Waals surface area contributed by atoms with E-state index in [4.69, 9.17) is 0 Å². The molecule has 3 heterocycles. The monoisotopic (exact) mass is 229 g/mol. The maximum Gasteiger partial charge on any atom is 0.0336 e. The first kappa shape index (κ1) is 11.1. The smallest absolute Gasteiger partial charge is 0.0336 e. The molecule has 0 aromatic carbocycles. The van der Waals surface area contributed by atoms with Gasteiger partial charge >= 0.3 is 0 Å². The first-order chi connectivity index (χ1) is 8.36. The van der Waals surface area contributed by atoms with Crippen LogP contribution in [0, 0.1) is 0 Å². The second-order valence-corrected chi connectivity index (χ2v) is 5.45. The van der Waals surface area contributed by atoms with E-state index in [2.05, 4.69) is 30.6 Å². The van der Waals surface area contributed by atoms with Crippen molar-refractivity contribution in [3.8, 4) is 0 Å². The van der Waals surface area contributed by atoms with Crippen LogP contribution in [-0.2, 0) is 19.3 Å². The third-order valence-corrected chi connectivity index (χ3v) is 4.52. The average molecular weight is 229 g/mol. The van der Waals surface area contributed by atoms with E-state index in [9.17, 15) is 0 Å². The molecule has 92 valence electrons. The fraction of sp³-hybridized carbons (Fsp3) is 0.625. The molecule has 0 N–H and O–H groups in total. The highest BCUT2D eigenvalue weighted by Gasteiger charge is 2.30. The second-order valence-electron chi connectivity index (χ2n) is 5.45. The Balaban J connectivity index is 2.23. The van der Waals surface area contributed by atoms with E-state index in [1.807, 2.05) is 0 Å². The first-order valence-electron chi connectivity index (χ1n) is 7.24. The molecule has 2 aliphatic rings. The van der Waals surface area contributed by atoms with Crippen LogP contribution in [0.2, 0.25) is 0 Å². The van der Waals surface area contributed by atoms with E-state index in [1.165, 1.54) is 44.9 Å². The van der Waals surface area contributed by atoms with Crippen molar-refractivity contribution in [3.05, 3.63) is 28.6 Å². The molecule has 0 fully saturated rings. The summed E-state index contributed by atoms with van der Waals surface area (Å²) in [5.41, 5.74) is 6.53. The molecule has 0 saturated carbocycles. The molecule has 1 heteroatoms. The van der Waals surface area contributed by atoms with Crippen molar-refractivity contribution in [3.63, 3.8) is 0 Å². The van der Waals surface area contributed by atoms with Gasteiger partial charge in [0.05, 0.1) is 0 Å². The topological polar surface area (TPSA) is 4.93 Å². The van der Waals surface area contributed by atoms with Gasteiger partial charge < -0.3 is 4.57 Å². The average Bonchev–Trinajstić information content (AvgIpc) is 2.67. The number of hydrogen-bond acceptors (Lipinski definition) is 0. The van der Waals surface area contributed by atoms with Crippen molar-refractivity contribution in [1.82, 2.24) is 4.57 Å². The molecule has 0 bridgehead atoms. The maximum absolute atomic E-state index is 2.72. The van der Waals surface area contributed by atoms with Crippen LogP contribution >= 0.6 is 0 Å². The molecular formula is C16H23N. The van der Waals surface area contributed by atoms with E-state index in [1.54, 1.807) is 22.5 Å². The Morgan fingerprint density at radius 2 is 1.88 bits per heavy atom. The van der Waals surface area contributed by atoms with Crippen LogP contribution in [-0.4, -0.2) is 4.57 Å². The number of allylic oxidation sites excluding steroid dienone is 1. The number of aromatic nitrogens is 1. The lowest BCUT2D eigenvalue weighted by Gasteiger charge is -2.32. The molecule has 17 heavy (non-hydrogen) atoms. The van der Waals surface area contributed by atoms with Gasteiger partial charge in [-0.3, -0.25) is 0 Å². The normalized spacial score (nSPS) is 23.1. The van der Waals surface area contributed by atoms with Crippen LogP contribution in [0.4, 0.5) is 0 Å². The zero-order chi connectivity index (χ0) is 11.8. The molecule has 0 spiro atoms. The van der Waals surface area contributed by atoms with Gasteiger partial charge in [0.1, 0.15) is 0 Å². The Hall–Kier alpha value is -0.980. The van der Waals surface area contributed by atoms with Crippen LogP contribution < -0.4 is 0 Å². The van der Waals surface area contributed by atoms with E-state index in [0.29, 0.717) is 0 Å². The molecule has 0 amide bonds. The summed E-state index contributed by atoms with van der Waals surface area (Å²) in [7, 11) is 0. The molecule has 3 rings (SSSR count). The van der Waals surface area contributed by atoms with Crippen LogP contribution in [0.5, 0.6) is 0 Å². The molecule has 0 unspecified atom stereocenters. The Morgan fingerprint density at radius 3 is 2.53 bits per heavy atom. The van der Waals surface area contributed by atoms with E-state index >= 15 is 0 Å². The predicted molar refractivity (Wildman–Crippen MR) is 73.4 cm³/mol. The zero-order valence-electron chi connectivity index (χ0n) is 11.1. The number of hydrogen-bond donors (Lipinski definition) is 0. The molecule has 0 radical (unpaired) electrons. The quantitative estimate of drug-likeness (QED) is 0.712. The van der Waals surface area contributed by atoms with Gasteiger partial charge in [0, 0.05) is 17.4 Å². The second kappa shape index (κ2) is 4.36. The van der Waals surface area contributed by atoms with Gasteiger partial charge in [-0.25, -0.2) is 0 Å². The summed E-state index contributed by atoms with van der Waals surface area (Å²) in [4.78, 5) is 0. The van der Waals surface area contributed by atoms with Gasteiger partial charge in [0.15, 0.2) is 0 Å². The lowest BCUT2D eigenvalue weighted by molar-refractivity contribution is 0.334. The lowest BCUT2D eigenvalue weighted by atomic mass is 9.94. The highest BCUT2D eigenvalue weighted by Crippen LogP contribution is 2.40. The van der Waals surface area contributed by atoms with Crippen LogP contribution in [0.3, 0.4) is 0 Å². The van der Waals surface area contributed by atoms with E-state index in [0.717, 1.165) is 6.04 Å². The maximum atomic E-state index is 2.72. The number of rotatable bonds is 2. The highest BCUT2D eigenvalue weighted by atomic mass is 15.1. The third-order valence-electron chi connectivity index (χ3n) is 4.52. The Bertz CT molecular complexity index is 449. The lowest BCUT2D eigenvalue weighted by Crippen LogP contribution is -2.23. The molecule has 1 atom stereocenters. The van der Waals surface area contributed by atoms with Crippen molar-refractivity contribution in [2.75, 3.05) is 0 Å². The largest absolute Gasteiger partial charge is 0.345 e. The summed E-state index contributed by atoms with van der Waals surface area (Å²) < 4.78 is 2.72. The van der Waals surface area contributed by atoms with Crippen molar-refractivity contribution >= 4 is 6.08 Å². The minimum Gasteiger partial charge on any atom is -0.345 e. The highest BCUT2D eigenvalue weighted by molar-refractivity contribution is 5.60. The first-order valence-corrected chi connectivity index (χ1v) is 7.24. The number of nitrogens with zero attached hydrogens (tertiary/aromatic N) is 1. The molecule has 1 nitrogen and oxygen atoms in total. The van der Waals surface area contributed by atoms with Gasteiger partial charge in [-0.15, -0.1) is 0 Å². The third kappa shape index (κ3) is 1.59. The summed E-state index contributed by atoms with van der Waals surface area (Å²) in [6.07, 6.45) is 14.0. The molecule has 0 aliphatic carbocycles. The molecule has 1 aromatic rings. The van der Waals surface area contributed by atoms with Gasteiger partial charge in [-0.05, 0) is 63.0 Å². The van der Waals surface area contributed by atoms with Gasteiger partial charge in [0.25, 0.3) is 0 Å². The van der Waals surface area contributed by atoms with Gasteiger partial charge in [-0.2, -0.15) is 0 Å². The summed E-state index contributed by atoms with van der Waals surface area (Å²) in [6.45, 7) is 4.46. The predicted octanol–water partition coefficient (Wildman–Crippen LogP) is 4.30. The Morgan fingerprint density at radius 1 is 1.18 bits per heavy atom. The molecule has 2 aliphatic heterocycles. The SMILES string of the molecule is C/C=C/c1c(CC)c2n3c1CCC[C@H]3CCC2. The van der Waals surface area contributed by atoms with Crippen LogP contribution in [0.25, 0.3) is 6.08 Å². The fourth-order valence-corrected chi connectivity index (χ4v) is 3.91. The summed E-state index contributed by atoms with van der Waals surface area (Å²) >= 11 is 0. The summed E-state index contributed by atoms with van der Waals surface area (Å²) in [6, 6.07) is 0.826. The summed E-state index contributed by atoms with van der Waals surface area (Å²) in [5, 5.41) is 0. The molecule has 1 aromatic heterocycles. The van der Waals surface area contributed by atoms with Crippen molar-refractivity contribution in [2.45, 2.75) is 64.8 Å². The minimum atomic E-state index is 0.826.